The normalized spacial score (nSPS) is 19.9. The van der Waals surface area contributed by atoms with Crippen LogP contribution in [0.4, 0.5) is 0 Å². The monoisotopic (exact) mass is 924 g/mol. The van der Waals surface area contributed by atoms with E-state index >= 15 is 0 Å². The maximum atomic E-state index is 13.0. The molecule has 6 N–H and O–H groups in total. The fourth-order valence-corrected chi connectivity index (χ4v) is 8.45. The summed E-state index contributed by atoms with van der Waals surface area (Å²) in [7, 11) is 0. The molecule has 0 saturated carbocycles. The first kappa shape index (κ1) is 61.2. The molecule has 0 bridgehead atoms. The summed E-state index contributed by atoms with van der Waals surface area (Å²) in [6.45, 7) is 4.27. The molecule has 7 atom stereocenters. The molecule has 0 spiro atoms. The number of ether oxygens (including phenoxy) is 3. The predicted octanol–water partition coefficient (Wildman–Crippen LogP) is 11.4. The molecule has 0 aliphatic carbocycles. The molecule has 1 rings (SSSR count). The van der Waals surface area contributed by atoms with Crippen LogP contribution in [0.1, 0.15) is 245 Å². The second kappa shape index (κ2) is 44.6. The Morgan fingerprint density at radius 1 is 0.554 bits per heavy atom. The van der Waals surface area contributed by atoms with Crippen molar-refractivity contribution >= 4 is 11.9 Å². The van der Waals surface area contributed by atoms with Crippen molar-refractivity contribution in [2.75, 3.05) is 19.8 Å². The van der Waals surface area contributed by atoms with Gasteiger partial charge in [-0.05, 0) is 44.9 Å². The number of allylic oxidation sites excluding steroid dienone is 3. The summed E-state index contributed by atoms with van der Waals surface area (Å²) >= 11 is 0. The quantitative estimate of drug-likeness (QED) is 0.0196. The molecule has 65 heavy (non-hydrogen) atoms. The average molecular weight is 924 g/mol. The highest BCUT2D eigenvalue weighted by molar-refractivity contribution is 5.76. The summed E-state index contributed by atoms with van der Waals surface area (Å²) in [4.78, 5) is 25.0. The molecule has 1 saturated heterocycles. The topological polar surface area (TPSA) is 175 Å². The van der Waals surface area contributed by atoms with E-state index in [2.05, 4.69) is 31.3 Å². The number of esters is 1. The molecule has 11 heteroatoms. The maximum Gasteiger partial charge on any atom is 0.305 e. The lowest BCUT2D eigenvalue weighted by atomic mass is 9.99. The molecular weight excluding hydrogens is 823 g/mol. The number of hydrogen-bond donors (Lipinski definition) is 6. The van der Waals surface area contributed by atoms with Gasteiger partial charge in [0.25, 0.3) is 0 Å². The number of amides is 1. The van der Waals surface area contributed by atoms with E-state index in [1.165, 1.54) is 148 Å². The van der Waals surface area contributed by atoms with Gasteiger partial charge in [0.1, 0.15) is 24.4 Å². The van der Waals surface area contributed by atoms with Gasteiger partial charge in [0, 0.05) is 12.8 Å². The predicted molar refractivity (Wildman–Crippen MR) is 264 cm³/mol. The largest absolute Gasteiger partial charge is 0.466 e. The third kappa shape index (κ3) is 35.0. The number of hydrogen-bond acceptors (Lipinski definition) is 10. The molecule has 0 radical (unpaired) electrons. The Kier molecular flexibility index (Phi) is 42.0. The van der Waals surface area contributed by atoms with E-state index in [1.807, 2.05) is 6.08 Å². The zero-order valence-electron chi connectivity index (χ0n) is 41.7. The molecule has 1 aliphatic rings. The summed E-state index contributed by atoms with van der Waals surface area (Å²) in [5, 5.41) is 54.2. The molecule has 1 heterocycles. The number of aliphatic hydroxyl groups excluding tert-OH is 5. The van der Waals surface area contributed by atoms with Gasteiger partial charge in [-0.3, -0.25) is 9.59 Å². The van der Waals surface area contributed by atoms with E-state index in [1.54, 1.807) is 6.08 Å². The van der Waals surface area contributed by atoms with Crippen molar-refractivity contribution in [3.63, 3.8) is 0 Å². The second-order valence-electron chi connectivity index (χ2n) is 18.9. The minimum atomic E-state index is -1.58. The van der Waals surface area contributed by atoms with Gasteiger partial charge in [0.05, 0.1) is 32.0 Å². The molecule has 0 aromatic rings. The first-order valence-corrected chi connectivity index (χ1v) is 27.1. The fourth-order valence-electron chi connectivity index (χ4n) is 8.45. The minimum absolute atomic E-state index is 0.0291. The van der Waals surface area contributed by atoms with E-state index in [0.717, 1.165) is 70.6 Å². The van der Waals surface area contributed by atoms with Crippen LogP contribution in [-0.4, -0.2) is 100 Å². The number of carbonyl (C=O) groups excluding carboxylic acids is 2. The Morgan fingerprint density at radius 2 is 1.00 bits per heavy atom. The Labute approximate surface area is 397 Å². The van der Waals surface area contributed by atoms with Crippen molar-refractivity contribution < 1.29 is 49.3 Å². The van der Waals surface area contributed by atoms with Crippen LogP contribution in [0.5, 0.6) is 0 Å². The summed E-state index contributed by atoms with van der Waals surface area (Å²) in [6, 6.07) is -0.836. The number of nitrogens with one attached hydrogen (secondary N) is 1. The summed E-state index contributed by atoms with van der Waals surface area (Å²) in [6.07, 6.45) is 41.0. The van der Waals surface area contributed by atoms with E-state index in [-0.39, 0.29) is 18.5 Å². The van der Waals surface area contributed by atoms with Crippen LogP contribution in [0.3, 0.4) is 0 Å². The van der Waals surface area contributed by atoms with Crippen molar-refractivity contribution in [2.45, 2.75) is 288 Å². The van der Waals surface area contributed by atoms with Crippen LogP contribution in [-0.2, 0) is 23.8 Å². The van der Waals surface area contributed by atoms with Gasteiger partial charge < -0.3 is 45.1 Å². The van der Waals surface area contributed by atoms with Crippen molar-refractivity contribution in [3.8, 4) is 0 Å². The van der Waals surface area contributed by atoms with Crippen molar-refractivity contribution in [1.82, 2.24) is 5.32 Å². The van der Waals surface area contributed by atoms with Gasteiger partial charge >= 0.3 is 5.97 Å². The number of aliphatic hydroxyl groups is 5. The van der Waals surface area contributed by atoms with Crippen molar-refractivity contribution in [2.24, 2.45) is 0 Å². The summed E-state index contributed by atoms with van der Waals surface area (Å²) in [5.74, 6) is -0.234. The molecule has 1 fully saturated rings. The highest BCUT2D eigenvalue weighted by Crippen LogP contribution is 2.23. The van der Waals surface area contributed by atoms with Gasteiger partial charge in [-0.15, -0.1) is 0 Å². The van der Waals surface area contributed by atoms with Gasteiger partial charge in [-0.1, -0.05) is 212 Å². The highest BCUT2D eigenvalue weighted by Gasteiger charge is 2.44. The Balaban J connectivity index is 2.19. The minimum Gasteiger partial charge on any atom is -0.466 e. The summed E-state index contributed by atoms with van der Waals surface area (Å²) < 4.78 is 16.7. The van der Waals surface area contributed by atoms with Crippen LogP contribution in [0.2, 0.25) is 0 Å². The van der Waals surface area contributed by atoms with Crippen LogP contribution < -0.4 is 5.32 Å². The van der Waals surface area contributed by atoms with Crippen LogP contribution in [0.15, 0.2) is 24.3 Å². The molecule has 0 aromatic carbocycles. The van der Waals surface area contributed by atoms with E-state index in [0.29, 0.717) is 19.4 Å². The first-order valence-electron chi connectivity index (χ1n) is 27.1. The molecule has 1 aliphatic heterocycles. The van der Waals surface area contributed by atoms with Crippen LogP contribution in [0.25, 0.3) is 0 Å². The molecular formula is C54H101NO10. The standard InChI is InChI=1S/C54H101NO10/c1-3-5-7-9-11-13-15-17-21-24-28-32-36-40-47(57)46(45-64-54-53(62)52(61)51(60)48(44-56)65-54)55-49(58)41-37-33-29-25-22-18-16-19-23-27-31-35-39-43-63-50(59)42-38-34-30-26-20-14-12-10-8-6-4-2/h21,24,36,40,46-48,51-54,56-57,60-62H,3-20,22-23,25-35,37-39,41-45H2,1-2H3,(H,55,58)/b24-21+,40-36+. The Hall–Kier alpha value is -1.86. The van der Waals surface area contributed by atoms with Crippen LogP contribution in [0, 0.1) is 0 Å². The van der Waals surface area contributed by atoms with Gasteiger partial charge in [0.2, 0.25) is 5.91 Å². The lowest BCUT2D eigenvalue weighted by Crippen LogP contribution is -2.60. The van der Waals surface area contributed by atoms with E-state index in [4.69, 9.17) is 14.2 Å². The van der Waals surface area contributed by atoms with Crippen molar-refractivity contribution in [3.05, 3.63) is 24.3 Å². The van der Waals surface area contributed by atoms with Crippen LogP contribution >= 0.6 is 0 Å². The number of rotatable bonds is 46. The molecule has 7 unspecified atom stereocenters. The first-order chi connectivity index (χ1) is 31.7. The zero-order valence-corrected chi connectivity index (χ0v) is 41.7. The Morgan fingerprint density at radius 3 is 1.52 bits per heavy atom. The highest BCUT2D eigenvalue weighted by atomic mass is 16.7. The number of unbranched alkanes of at least 4 members (excludes halogenated alkanes) is 30. The van der Waals surface area contributed by atoms with Gasteiger partial charge in [-0.2, -0.15) is 0 Å². The van der Waals surface area contributed by atoms with E-state index in [9.17, 15) is 35.1 Å². The maximum absolute atomic E-state index is 13.0. The zero-order chi connectivity index (χ0) is 47.4. The van der Waals surface area contributed by atoms with Crippen molar-refractivity contribution in [1.29, 1.82) is 0 Å². The fraction of sp³-hybridized carbons (Fsp3) is 0.889. The average Bonchev–Trinajstić information content (AvgIpc) is 3.30. The van der Waals surface area contributed by atoms with Gasteiger partial charge in [-0.25, -0.2) is 0 Å². The van der Waals surface area contributed by atoms with E-state index < -0.39 is 49.5 Å². The smallest absolute Gasteiger partial charge is 0.305 e. The lowest BCUT2D eigenvalue weighted by molar-refractivity contribution is -0.302. The third-order valence-electron chi connectivity index (χ3n) is 12.8. The van der Waals surface area contributed by atoms with Gasteiger partial charge in [0.15, 0.2) is 6.29 Å². The molecule has 11 nitrogen and oxygen atoms in total. The SMILES string of the molecule is CCCCCCCCC/C=C/CC/C=C/C(O)C(COC1OC(CO)C(O)C(O)C1O)NC(=O)CCCCCCCCCCCCCCCOC(=O)CCCCCCCCCCCCC. The molecule has 1 amide bonds. The molecule has 382 valence electrons. The third-order valence-corrected chi connectivity index (χ3v) is 12.8. The number of carbonyl (C=O) groups is 2. The molecule has 0 aromatic heterocycles. The Bertz CT molecular complexity index is 1130. The second-order valence-corrected chi connectivity index (χ2v) is 18.9. The lowest BCUT2D eigenvalue weighted by Gasteiger charge is -2.40. The summed E-state index contributed by atoms with van der Waals surface area (Å²) in [5.41, 5.74) is 0.